The summed E-state index contributed by atoms with van der Waals surface area (Å²) in [4.78, 5) is 26.0. The first-order chi connectivity index (χ1) is 13.1. The van der Waals surface area contributed by atoms with E-state index in [1.807, 2.05) is 20.8 Å². The van der Waals surface area contributed by atoms with E-state index in [9.17, 15) is 9.59 Å². The molecule has 0 aliphatic heterocycles. The summed E-state index contributed by atoms with van der Waals surface area (Å²) in [5, 5.41) is 3.76. The van der Waals surface area contributed by atoms with Gasteiger partial charge in [0.05, 0.1) is 6.54 Å². The normalized spacial score (nSPS) is 11.1. The lowest BCUT2D eigenvalue weighted by Crippen LogP contribution is -2.46. The highest BCUT2D eigenvalue weighted by Gasteiger charge is 2.29. The zero-order valence-corrected chi connectivity index (χ0v) is 17.9. The molecule has 0 radical (unpaired) electrons. The van der Waals surface area contributed by atoms with Crippen LogP contribution in [0, 0.1) is 0 Å². The van der Waals surface area contributed by atoms with E-state index in [2.05, 4.69) is 5.32 Å². The maximum absolute atomic E-state index is 12.9. The van der Waals surface area contributed by atoms with Crippen molar-refractivity contribution in [2.75, 3.05) is 5.32 Å². The lowest BCUT2D eigenvalue weighted by molar-refractivity contribution is -0.115. The van der Waals surface area contributed by atoms with E-state index >= 15 is 0 Å². The first-order valence-corrected chi connectivity index (χ1v) is 9.69. The minimum Gasteiger partial charge on any atom is -0.410 e. The second-order valence-corrected chi connectivity index (χ2v) is 8.13. The number of nitrogens with zero attached hydrogens (tertiary/aromatic N) is 1. The van der Waals surface area contributed by atoms with Crippen molar-refractivity contribution in [1.82, 2.24) is 4.90 Å². The number of anilines is 1. The maximum atomic E-state index is 12.9. The number of rotatable bonds is 5. The zero-order valence-electron chi connectivity index (χ0n) is 16.4. The number of halogens is 2. The fourth-order valence-corrected chi connectivity index (χ4v) is 2.91. The van der Waals surface area contributed by atoms with Crippen LogP contribution in [0.1, 0.15) is 39.7 Å². The van der Waals surface area contributed by atoms with Crippen molar-refractivity contribution in [2.24, 2.45) is 0 Å². The molecule has 28 heavy (non-hydrogen) atoms. The molecule has 0 unspecified atom stereocenters. The molecule has 2 rings (SSSR count). The van der Waals surface area contributed by atoms with Gasteiger partial charge in [0.25, 0.3) is 0 Å². The fraction of sp³-hybridized carbons (Fsp3) is 0.333. The summed E-state index contributed by atoms with van der Waals surface area (Å²) in [5.74, 6) is 0.229. The Hall–Kier alpha value is -2.24. The molecule has 7 heteroatoms. The molecule has 2 aromatic carbocycles. The summed E-state index contributed by atoms with van der Waals surface area (Å²) in [6, 6.07) is 11.9. The topological polar surface area (TPSA) is 58.6 Å². The molecule has 0 aliphatic carbocycles. The Labute approximate surface area is 175 Å². The number of ether oxygens (including phenoxy) is 1. The van der Waals surface area contributed by atoms with Crippen LogP contribution in [0.5, 0.6) is 5.75 Å². The van der Waals surface area contributed by atoms with Gasteiger partial charge in [0, 0.05) is 33.8 Å². The third-order valence-electron chi connectivity index (χ3n) is 4.02. The Balaban J connectivity index is 2.20. The minimum atomic E-state index is -0.516. The van der Waals surface area contributed by atoms with E-state index in [-0.39, 0.29) is 12.5 Å². The third kappa shape index (κ3) is 6.14. The first kappa shape index (κ1) is 22.1. The molecule has 0 saturated carbocycles. The molecule has 1 N–H and O–H groups in total. The highest BCUT2D eigenvalue weighted by molar-refractivity contribution is 6.35. The molecule has 2 amide bonds. The molecule has 0 aliphatic rings. The van der Waals surface area contributed by atoms with Crippen molar-refractivity contribution in [2.45, 2.75) is 46.2 Å². The van der Waals surface area contributed by atoms with Gasteiger partial charge < -0.3 is 10.1 Å². The van der Waals surface area contributed by atoms with Crippen molar-refractivity contribution in [3.8, 4) is 5.75 Å². The van der Waals surface area contributed by atoms with Gasteiger partial charge in [-0.25, -0.2) is 4.79 Å². The molecule has 0 aromatic heterocycles. The van der Waals surface area contributed by atoms with Crippen LogP contribution in [0.2, 0.25) is 10.0 Å². The van der Waals surface area contributed by atoms with Crippen molar-refractivity contribution >= 4 is 40.9 Å². The van der Waals surface area contributed by atoms with Crippen LogP contribution in [0.4, 0.5) is 10.5 Å². The van der Waals surface area contributed by atoms with Crippen LogP contribution in [0.15, 0.2) is 42.5 Å². The molecule has 150 valence electrons. The lowest BCUT2D eigenvalue weighted by Gasteiger charge is -2.35. The average molecular weight is 423 g/mol. The number of nitrogens with one attached hydrogen (secondary N) is 1. The van der Waals surface area contributed by atoms with Crippen LogP contribution >= 0.6 is 23.2 Å². The van der Waals surface area contributed by atoms with Crippen LogP contribution in [-0.4, -0.2) is 22.4 Å². The molecule has 0 saturated heterocycles. The fourth-order valence-electron chi connectivity index (χ4n) is 2.44. The molecule has 0 atom stereocenters. The summed E-state index contributed by atoms with van der Waals surface area (Å²) >= 11 is 12.2. The maximum Gasteiger partial charge on any atom is 0.415 e. The summed E-state index contributed by atoms with van der Waals surface area (Å²) in [7, 11) is 0. The number of carbonyl (C=O) groups is 2. The van der Waals surface area contributed by atoms with Gasteiger partial charge in [0.15, 0.2) is 0 Å². The zero-order chi connectivity index (χ0) is 20.9. The number of hydrogen-bond donors (Lipinski definition) is 1. The Morgan fingerprint density at radius 1 is 1.11 bits per heavy atom. The summed E-state index contributed by atoms with van der Waals surface area (Å²) < 4.78 is 5.56. The molecule has 0 heterocycles. The monoisotopic (exact) mass is 422 g/mol. The minimum absolute atomic E-state index is 0.114. The number of hydrogen-bond acceptors (Lipinski definition) is 3. The van der Waals surface area contributed by atoms with E-state index in [0.29, 0.717) is 27.9 Å². The number of amides is 2. The molecule has 5 nitrogen and oxygen atoms in total. The van der Waals surface area contributed by atoms with Crippen molar-refractivity contribution in [3.05, 3.63) is 58.1 Å². The predicted octanol–water partition coefficient (Wildman–Crippen LogP) is 6.14. The standard InChI is InChI=1S/C21H24Cl2N2O3/c1-5-19(26)24-16-7-6-8-17(12-16)28-20(27)25(21(2,3)4)13-14-9-10-15(22)11-18(14)23/h6-12H,5,13H2,1-4H3,(H,24,26). The summed E-state index contributed by atoms with van der Waals surface area (Å²) in [5.41, 5.74) is 0.829. The van der Waals surface area contributed by atoms with Gasteiger partial charge in [-0.15, -0.1) is 0 Å². The van der Waals surface area contributed by atoms with Gasteiger partial charge in [0.1, 0.15) is 5.75 Å². The van der Waals surface area contributed by atoms with Gasteiger partial charge in [0.2, 0.25) is 5.91 Å². The van der Waals surface area contributed by atoms with Crippen LogP contribution in [0.3, 0.4) is 0 Å². The molecule has 0 bridgehead atoms. The van der Waals surface area contributed by atoms with Crippen molar-refractivity contribution in [1.29, 1.82) is 0 Å². The second-order valence-electron chi connectivity index (χ2n) is 7.29. The van der Waals surface area contributed by atoms with Crippen molar-refractivity contribution < 1.29 is 14.3 Å². The molecular weight excluding hydrogens is 399 g/mol. The van der Waals surface area contributed by atoms with E-state index < -0.39 is 11.6 Å². The number of carbonyl (C=O) groups excluding carboxylic acids is 2. The Bertz CT molecular complexity index is 863. The van der Waals surface area contributed by atoms with E-state index in [0.717, 1.165) is 5.56 Å². The molecule has 0 spiro atoms. The van der Waals surface area contributed by atoms with Gasteiger partial charge in [-0.1, -0.05) is 42.3 Å². The summed E-state index contributed by atoms with van der Waals surface area (Å²) in [6.45, 7) is 7.77. The SMILES string of the molecule is CCC(=O)Nc1cccc(OC(=O)N(Cc2ccc(Cl)cc2Cl)C(C)(C)C)c1. The second kappa shape index (κ2) is 9.30. The van der Waals surface area contributed by atoms with Gasteiger partial charge >= 0.3 is 6.09 Å². The Morgan fingerprint density at radius 3 is 2.43 bits per heavy atom. The van der Waals surface area contributed by atoms with Gasteiger partial charge in [-0.2, -0.15) is 0 Å². The Morgan fingerprint density at radius 2 is 1.82 bits per heavy atom. The predicted molar refractivity (Wildman–Crippen MR) is 113 cm³/mol. The van der Waals surface area contributed by atoms with Crippen LogP contribution in [-0.2, 0) is 11.3 Å². The number of benzene rings is 2. The molecule has 0 fully saturated rings. The van der Waals surface area contributed by atoms with E-state index in [1.54, 1.807) is 54.3 Å². The average Bonchev–Trinajstić information content (AvgIpc) is 2.60. The van der Waals surface area contributed by atoms with E-state index in [4.69, 9.17) is 27.9 Å². The largest absolute Gasteiger partial charge is 0.415 e. The van der Waals surface area contributed by atoms with Crippen LogP contribution < -0.4 is 10.1 Å². The van der Waals surface area contributed by atoms with Gasteiger partial charge in [-0.3, -0.25) is 9.69 Å². The quantitative estimate of drug-likeness (QED) is 0.628. The smallest absolute Gasteiger partial charge is 0.410 e. The Kier molecular flexibility index (Phi) is 7.33. The highest BCUT2D eigenvalue weighted by atomic mass is 35.5. The molecular formula is C21H24Cl2N2O3. The lowest BCUT2D eigenvalue weighted by atomic mass is 10.1. The van der Waals surface area contributed by atoms with Crippen LogP contribution in [0.25, 0.3) is 0 Å². The summed E-state index contributed by atoms with van der Waals surface area (Å²) in [6.07, 6.45) is -0.151. The third-order valence-corrected chi connectivity index (χ3v) is 4.60. The van der Waals surface area contributed by atoms with Crippen molar-refractivity contribution in [3.63, 3.8) is 0 Å². The molecule has 2 aromatic rings. The van der Waals surface area contributed by atoms with Gasteiger partial charge in [-0.05, 0) is 50.6 Å². The van der Waals surface area contributed by atoms with E-state index in [1.165, 1.54) is 0 Å². The first-order valence-electron chi connectivity index (χ1n) is 8.93. The highest BCUT2D eigenvalue weighted by Crippen LogP contribution is 2.27.